The summed E-state index contributed by atoms with van der Waals surface area (Å²) in [5.41, 5.74) is 6.88. The van der Waals surface area contributed by atoms with Gasteiger partial charge in [-0.3, -0.25) is 4.79 Å². The molecule has 110 valence electrons. The number of nitrogens with two attached hydrogens (primary N) is 1. The Kier molecular flexibility index (Phi) is 4.37. The van der Waals surface area contributed by atoms with Crippen LogP contribution in [-0.2, 0) is 6.42 Å². The summed E-state index contributed by atoms with van der Waals surface area (Å²) in [4.78, 5) is 11.8. The topological polar surface area (TPSA) is 75.4 Å². The highest BCUT2D eigenvalue weighted by atomic mass is 19.1. The fourth-order valence-electron chi connectivity index (χ4n) is 1.82. The van der Waals surface area contributed by atoms with E-state index in [1.54, 1.807) is 24.3 Å². The number of amides is 1. The molecule has 4 N–H and O–H groups in total. The van der Waals surface area contributed by atoms with Gasteiger partial charge in [0.1, 0.15) is 0 Å². The summed E-state index contributed by atoms with van der Waals surface area (Å²) in [5.74, 6) is -3.33. The number of hydrogen-bond donors (Lipinski definition) is 3. The van der Waals surface area contributed by atoms with Gasteiger partial charge < -0.3 is 16.2 Å². The molecule has 0 heterocycles. The van der Waals surface area contributed by atoms with Crippen LogP contribution < -0.4 is 11.1 Å². The number of rotatable bonds is 4. The second kappa shape index (κ2) is 6.21. The molecule has 1 amide bonds. The number of phenolic OH excluding ortho intramolecular Hbond substituents is 1. The molecule has 2 rings (SSSR count). The predicted octanol–water partition coefficient (Wildman–Crippen LogP) is 2.23. The SMILES string of the molecule is Nc1ccc(C(=O)NCCc2cc(F)c(O)c(F)c2)cc1. The Labute approximate surface area is 120 Å². The smallest absolute Gasteiger partial charge is 0.251 e. The number of nitrogens with one attached hydrogen (secondary N) is 1. The number of benzene rings is 2. The van der Waals surface area contributed by atoms with E-state index >= 15 is 0 Å². The number of nitrogen functional groups attached to an aromatic ring is 1. The first-order valence-corrected chi connectivity index (χ1v) is 6.28. The van der Waals surface area contributed by atoms with Crippen LogP contribution in [0.3, 0.4) is 0 Å². The van der Waals surface area contributed by atoms with E-state index in [1.165, 1.54) is 0 Å². The maximum atomic E-state index is 13.1. The van der Waals surface area contributed by atoms with Gasteiger partial charge in [0.05, 0.1) is 0 Å². The molecule has 21 heavy (non-hydrogen) atoms. The van der Waals surface area contributed by atoms with Crippen molar-refractivity contribution >= 4 is 11.6 Å². The van der Waals surface area contributed by atoms with Crippen LogP contribution in [0.5, 0.6) is 5.75 Å². The largest absolute Gasteiger partial charge is 0.503 e. The van der Waals surface area contributed by atoms with E-state index in [0.29, 0.717) is 16.8 Å². The van der Waals surface area contributed by atoms with Gasteiger partial charge in [0.15, 0.2) is 17.4 Å². The van der Waals surface area contributed by atoms with Crippen LogP contribution in [0.1, 0.15) is 15.9 Å². The van der Waals surface area contributed by atoms with Crippen molar-refractivity contribution in [2.45, 2.75) is 6.42 Å². The summed E-state index contributed by atoms with van der Waals surface area (Å²) in [7, 11) is 0. The quantitative estimate of drug-likeness (QED) is 0.756. The Hall–Kier alpha value is -2.63. The van der Waals surface area contributed by atoms with Gasteiger partial charge in [-0.05, 0) is 48.4 Å². The highest BCUT2D eigenvalue weighted by Crippen LogP contribution is 2.21. The molecule has 0 aliphatic carbocycles. The number of carbonyl (C=O) groups excluding carboxylic acids is 1. The third-order valence-corrected chi connectivity index (χ3v) is 2.95. The fraction of sp³-hybridized carbons (Fsp3) is 0.133. The summed E-state index contributed by atoms with van der Waals surface area (Å²) in [6.45, 7) is 0.215. The van der Waals surface area contributed by atoms with Crippen molar-refractivity contribution in [3.05, 3.63) is 59.2 Å². The summed E-state index contributed by atoms with van der Waals surface area (Å²) in [6.07, 6.45) is 0.245. The van der Waals surface area contributed by atoms with Gasteiger partial charge in [0.25, 0.3) is 5.91 Å². The lowest BCUT2D eigenvalue weighted by molar-refractivity contribution is 0.0954. The van der Waals surface area contributed by atoms with E-state index in [2.05, 4.69) is 5.32 Å². The van der Waals surface area contributed by atoms with Crippen LogP contribution in [0.4, 0.5) is 14.5 Å². The average Bonchev–Trinajstić information content (AvgIpc) is 2.45. The lowest BCUT2D eigenvalue weighted by Crippen LogP contribution is -2.25. The Bertz CT molecular complexity index is 634. The zero-order chi connectivity index (χ0) is 15.4. The van der Waals surface area contributed by atoms with Crippen molar-refractivity contribution in [3.63, 3.8) is 0 Å². The van der Waals surface area contributed by atoms with Gasteiger partial charge in [-0.15, -0.1) is 0 Å². The molecule has 0 aliphatic rings. The van der Waals surface area contributed by atoms with Gasteiger partial charge >= 0.3 is 0 Å². The van der Waals surface area contributed by atoms with E-state index in [0.717, 1.165) is 12.1 Å². The first-order valence-electron chi connectivity index (χ1n) is 6.28. The van der Waals surface area contributed by atoms with Crippen molar-refractivity contribution in [2.75, 3.05) is 12.3 Å². The highest BCUT2D eigenvalue weighted by Gasteiger charge is 2.10. The first-order chi connectivity index (χ1) is 9.97. The molecule has 0 unspecified atom stereocenters. The van der Waals surface area contributed by atoms with E-state index in [9.17, 15) is 13.6 Å². The van der Waals surface area contributed by atoms with Crippen molar-refractivity contribution in [1.29, 1.82) is 0 Å². The van der Waals surface area contributed by atoms with Gasteiger partial charge in [0, 0.05) is 17.8 Å². The second-order valence-corrected chi connectivity index (χ2v) is 4.54. The molecule has 4 nitrogen and oxygen atoms in total. The fourth-order valence-corrected chi connectivity index (χ4v) is 1.82. The third kappa shape index (κ3) is 3.68. The van der Waals surface area contributed by atoms with Crippen LogP contribution in [0.2, 0.25) is 0 Å². The van der Waals surface area contributed by atoms with Gasteiger partial charge in [0.2, 0.25) is 0 Å². The standard InChI is InChI=1S/C15H14F2N2O2/c16-12-7-9(8-13(17)14(12)20)5-6-19-15(21)10-1-3-11(18)4-2-10/h1-4,7-8,20H,5-6,18H2,(H,19,21). The number of phenols is 1. The molecule has 0 radical (unpaired) electrons. The molecule has 2 aromatic rings. The minimum absolute atomic E-state index is 0.215. The Morgan fingerprint density at radius 1 is 1.14 bits per heavy atom. The molecule has 0 atom stereocenters. The monoisotopic (exact) mass is 292 g/mol. The molecule has 6 heteroatoms. The molecule has 0 fully saturated rings. The van der Waals surface area contributed by atoms with Crippen LogP contribution in [0.15, 0.2) is 36.4 Å². The Morgan fingerprint density at radius 3 is 2.29 bits per heavy atom. The van der Waals surface area contributed by atoms with E-state index in [1.807, 2.05) is 0 Å². The molecule has 0 bridgehead atoms. The maximum absolute atomic E-state index is 13.1. The minimum atomic E-state index is -1.02. The molecular weight excluding hydrogens is 278 g/mol. The van der Waals surface area contributed by atoms with Crippen molar-refractivity contribution < 1.29 is 18.7 Å². The van der Waals surface area contributed by atoms with Gasteiger partial charge in [-0.2, -0.15) is 0 Å². The summed E-state index contributed by atoms with van der Waals surface area (Å²) in [5, 5.41) is 11.6. The van der Waals surface area contributed by atoms with E-state index in [4.69, 9.17) is 10.8 Å². The third-order valence-electron chi connectivity index (χ3n) is 2.95. The van der Waals surface area contributed by atoms with Crippen LogP contribution in [0, 0.1) is 11.6 Å². The first kappa shape index (κ1) is 14.8. The molecule has 0 aromatic heterocycles. The summed E-state index contributed by atoms with van der Waals surface area (Å²) < 4.78 is 26.3. The summed E-state index contributed by atoms with van der Waals surface area (Å²) in [6, 6.07) is 8.47. The number of carbonyl (C=O) groups is 1. The normalized spacial score (nSPS) is 10.4. The molecule has 0 saturated heterocycles. The minimum Gasteiger partial charge on any atom is -0.503 e. The van der Waals surface area contributed by atoms with Crippen molar-refractivity contribution in [1.82, 2.24) is 5.32 Å². The van der Waals surface area contributed by atoms with Crippen LogP contribution in [-0.4, -0.2) is 17.6 Å². The second-order valence-electron chi connectivity index (χ2n) is 4.54. The Morgan fingerprint density at radius 2 is 1.71 bits per heavy atom. The van der Waals surface area contributed by atoms with Crippen LogP contribution >= 0.6 is 0 Å². The number of aromatic hydroxyl groups is 1. The van der Waals surface area contributed by atoms with E-state index in [-0.39, 0.29) is 18.9 Å². The van der Waals surface area contributed by atoms with E-state index < -0.39 is 17.4 Å². The van der Waals surface area contributed by atoms with Gasteiger partial charge in [-0.25, -0.2) is 8.78 Å². The predicted molar refractivity (Wildman–Crippen MR) is 74.9 cm³/mol. The molecule has 0 spiro atoms. The summed E-state index contributed by atoms with van der Waals surface area (Å²) >= 11 is 0. The maximum Gasteiger partial charge on any atom is 0.251 e. The zero-order valence-electron chi connectivity index (χ0n) is 11.1. The molecular formula is C15H14F2N2O2. The number of halogens is 2. The van der Waals surface area contributed by atoms with Crippen LogP contribution in [0.25, 0.3) is 0 Å². The number of hydrogen-bond acceptors (Lipinski definition) is 3. The molecule has 2 aromatic carbocycles. The number of anilines is 1. The lowest BCUT2D eigenvalue weighted by atomic mass is 10.1. The lowest BCUT2D eigenvalue weighted by Gasteiger charge is -2.07. The van der Waals surface area contributed by atoms with Crippen molar-refractivity contribution in [2.24, 2.45) is 0 Å². The highest BCUT2D eigenvalue weighted by molar-refractivity contribution is 5.94. The van der Waals surface area contributed by atoms with Crippen molar-refractivity contribution in [3.8, 4) is 5.75 Å². The zero-order valence-corrected chi connectivity index (χ0v) is 11.1. The molecule has 0 saturated carbocycles. The Balaban J connectivity index is 1.92. The van der Waals surface area contributed by atoms with Gasteiger partial charge in [-0.1, -0.05) is 0 Å². The average molecular weight is 292 g/mol. The molecule has 0 aliphatic heterocycles.